The second-order valence-corrected chi connectivity index (χ2v) is 9.61. The Morgan fingerprint density at radius 3 is 2.78 bits per heavy atom. The van der Waals surface area contributed by atoms with Crippen molar-refractivity contribution in [2.24, 2.45) is 0 Å². The van der Waals surface area contributed by atoms with E-state index in [0.29, 0.717) is 33.1 Å². The molecule has 8 nitrogen and oxygen atoms in total. The molecule has 1 fully saturated rings. The number of hydrogen-bond donors (Lipinski definition) is 2. The van der Waals surface area contributed by atoms with Crippen molar-refractivity contribution in [3.63, 3.8) is 0 Å². The number of alkyl halides is 2. The first-order valence-corrected chi connectivity index (χ1v) is 12.7. The van der Waals surface area contributed by atoms with Crippen molar-refractivity contribution in [1.29, 1.82) is 5.26 Å². The predicted molar refractivity (Wildman–Crippen MR) is 136 cm³/mol. The van der Waals surface area contributed by atoms with E-state index in [9.17, 15) is 18.8 Å². The number of halogens is 2. The SMILES string of the molecule is Cc1c(C(=O)NCCCN2CCCC2)sc2ncnc(Nc3ccc(C#N)cc3OC(CF)CF)c12. The number of benzene rings is 1. The van der Waals surface area contributed by atoms with Gasteiger partial charge < -0.3 is 20.3 Å². The molecular weight excluding hydrogens is 486 g/mol. The van der Waals surface area contributed by atoms with E-state index in [2.05, 4.69) is 25.5 Å². The fourth-order valence-corrected chi connectivity index (χ4v) is 5.24. The van der Waals surface area contributed by atoms with E-state index in [1.807, 2.05) is 13.0 Å². The Morgan fingerprint density at radius 2 is 2.06 bits per heavy atom. The topological polar surface area (TPSA) is 103 Å². The van der Waals surface area contributed by atoms with Gasteiger partial charge in [0.25, 0.3) is 5.91 Å². The fraction of sp³-hybridized carbons (Fsp3) is 0.440. The lowest BCUT2D eigenvalue weighted by Gasteiger charge is -2.17. The first kappa shape index (κ1) is 25.7. The summed E-state index contributed by atoms with van der Waals surface area (Å²) in [5.74, 6) is 0.400. The van der Waals surface area contributed by atoms with E-state index < -0.39 is 19.5 Å². The fourth-order valence-electron chi connectivity index (χ4n) is 4.18. The highest BCUT2D eigenvalue weighted by molar-refractivity contribution is 7.20. The maximum absolute atomic E-state index is 13.1. The van der Waals surface area contributed by atoms with Gasteiger partial charge in [-0.05, 0) is 63.5 Å². The molecule has 0 spiro atoms. The molecule has 0 atom stereocenters. The van der Waals surface area contributed by atoms with Crippen LogP contribution in [-0.4, -0.2) is 66.4 Å². The number of aryl methyl sites for hydroxylation is 1. The van der Waals surface area contributed by atoms with Crippen molar-refractivity contribution in [3.8, 4) is 11.8 Å². The van der Waals surface area contributed by atoms with Crippen LogP contribution in [0, 0.1) is 18.3 Å². The zero-order valence-electron chi connectivity index (χ0n) is 20.0. The third kappa shape index (κ3) is 5.88. The zero-order valence-corrected chi connectivity index (χ0v) is 20.8. The van der Waals surface area contributed by atoms with Crippen LogP contribution in [0.2, 0.25) is 0 Å². The van der Waals surface area contributed by atoms with Crippen LogP contribution in [0.5, 0.6) is 5.75 Å². The minimum Gasteiger partial charge on any atom is -0.483 e. The maximum atomic E-state index is 13.1. The number of nitrogens with zero attached hydrogens (tertiary/aromatic N) is 4. The quantitative estimate of drug-likeness (QED) is 0.363. The Hall–Kier alpha value is -3.36. The summed E-state index contributed by atoms with van der Waals surface area (Å²) in [5.41, 5.74) is 1.41. The Kier molecular flexibility index (Phi) is 8.61. The number of anilines is 2. The van der Waals surface area contributed by atoms with Gasteiger partial charge in [-0.1, -0.05) is 0 Å². The van der Waals surface area contributed by atoms with Gasteiger partial charge in [-0.25, -0.2) is 18.7 Å². The zero-order chi connectivity index (χ0) is 25.5. The van der Waals surface area contributed by atoms with Gasteiger partial charge in [-0.15, -0.1) is 11.3 Å². The lowest BCUT2D eigenvalue weighted by atomic mass is 10.1. The van der Waals surface area contributed by atoms with Gasteiger partial charge in [-0.2, -0.15) is 5.26 Å². The number of aromatic nitrogens is 2. The van der Waals surface area contributed by atoms with Crippen molar-refractivity contribution in [1.82, 2.24) is 20.2 Å². The molecule has 1 saturated heterocycles. The minimum absolute atomic E-state index is 0.130. The average Bonchev–Trinajstić information content (AvgIpc) is 3.54. The molecular formula is C25H28F2N6O2S. The van der Waals surface area contributed by atoms with Crippen LogP contribution in [0.3, 0.4) is 0 Å². The van der Waals surface area contributed by atoms with E-state index in [-0.39, 0.29) is 17.2 Å². The highest BCUT2D eigenvalue weighted by Gasteiger charge is 2.21. The molecule has 0 saturated carbocycles. The Labute approximate surface area is 212 Å². The van der Waals surface area contributed by atoms with Crippen LogP contribution in [0.15, 0.2) is 24.5 Å². The first-order valence-electron chi connectivity index (χ1n) is 11.9. The smallest absolute Gasteiger partial charge is 0.261 e. The van der Waals surface area contributed by atoms with Crippen LogP contribution in [0.1, 0.15) is 40.1 Å². The predicted octanol–water partition coefficient (Wildman–Crippen LogP) is 4.52. The number of likely N-dealkylation sites (tertiary alicyclic amines) is 1. The molecule has 0 radical (unpaired) electrons. The highest BCUT2D eigenvalue weighted by Crippen LogP contribution is 2.36. The Bertz CT molecular complexity index is 1250. The standard InChI is InChI=1S/C25H28F2N6O2S/c1-16-21-23(32-19-6-5-17(14-28)11-20(19)35-18(12-26)13-27)30-15-31-25(21)36-22(16)24(34)29-7-4-10-33-8-2-3-9-33/h5-6,11,15,18H,2-4,7-10,12-13H2,1H3,(H,29,34)(H,30,31,32). The molecule has 0 bridgehead atoms. The number of nitriles is 1. The van der Waals surface area contributed by atoms with Crippen LogP contribution < -0.4 is 15.4 Å². The lowest BCUT2D eigenvalue weighted by molar-refractivity contribution is 0.0955. The second-order valence-electron chi connectivity index (χ2n) is 8.61. The third-order valence-corrected chi connectivity index (χ3v) is 7.27. The van der Waals surface area contributed by atoms with Gasteiger partial charge in [0.2, 0.25) is 0 Å². The molecule has 3 heterocycles. The normalized spacial score (nSPS) is 13.8. The number of ether oxygens (including phenoxy) is 1. The molecule has 2 aromatic heterocycles. The molecule has 2 N–H and O–H groups in total. The Morgan fingerprint density at radius 1 is 1.28 bits per heavy atom. The summed E-state index contributed by atoms with van der Waals surface area (Å²) < 4.78 is 31.7. The molecule has 1 aromatic carbocycles. The molecule has 0 aliphatic carbocycles. The molecule has 1 amide bonds. The number of nitrogens with one attached hydrogen (secondary N) is 2. The van der Waals surface area contributed by atoms with Crippen LogP contribution in [-0.2, 0) is 0 Å². The summed E-state index contributed by atoms with van der Waals surface area (Å²) in [5, 5.41) is 16.0. The van der Waals surface area contributed by atoms with Crippen molar-refractivity contribution in [2.45, 2.75) is 32.3 Å². The number of carbonyl (C=O) groups is 1. The summed E-state index contributed by atoms with van der Waals surface area (Å²) in [4.78, 5) is 25.2. The highest BCUT2D eigenvalue weighted by atomic mass is 32.1. The van der Waals surface area contributed by atoms with E-state index in [1.165, 1.54) is 36.6 Å². The molecule has 0 unspecified atom stereocenters. The molecule has 1 aliphatic heterocycles. The minimum atomic E-state index is -1.28. The van der Waals surface area contributed by atoms with Gasteiger partial charge in [0, 0.05) is 12.6 Å². The summed E-state index contributed by atoms with van der Waals surface area (Å²) in [7, 11) is 0. The van der Waals surface area contributed by atoms with Crippen LogP contribution >= 0.6 is 11.3 Å². The van der Waals surface area contributed by atoms with Gasteiger partial charge in [0.05, 0.1) is 27.6 Å². The van der Waals surface area contributed by atoms with Gasteiger partial charge >= 0.3 is 0 Å². The Balaban J connectivity index is 1.53. The van der Waals surface area contributed by atoms with E-state index >= 15 is 0 Å². The van der Waals surface area contributed by atoms with Gasteiger partial charge in [0.15, 0.2) is 6.10 Å². The lowest BCUT2D eigenvalue weighted by Crippen LogP contribution is -2.28. The summed E-state index contributed by atoms with van der Waals surface area (Å²) in [6.07, 6.45) is 3.48. The largest absolute Gasteiger partial charge is 0.483 e. The molecule has 11 heteroatoms. The first-order chi connectivity index (χ1) is 17.5. The molecule has 3 aromatic rings. The molecule has 36 heavy (non-hydrogen) atoms. The monoisotopic (exact) mass is 514 g/mol. The third-order valence-electron chi connectivity index (χ3n) is 6.07. The number of hydrogen-bond acceptors (Lipinski definition) is 8. The average molecular weight is 515 g/mol. The number of fused-ring (bicyclic) bond motifs is 1. The number of amides is 1. The van der Waals surface area contributed by atoms with Crippen molar-refractivity contribution in [2.75, 3.05) is 44.8 Å². The van der Waals surface area contributed by atoms with Gasteiger partial charge in [-0.3, -0.25) is 4.79 Å². The van der Waals surface area contributed by atoms with E-state index in [4.69, 9.17) is 4.74 Å². The number of carbonyl (C=O) groups excluding carboxylic acids is 1. The molecule has 1 aliphatic rings. The summed E-state index contributed by atoms with van der Waals surface area (Å²) in [6, 6.07) is 6.56. The van der Waals surface area contributed by atoms with Crippen molar-refractivity contribution >= 4 is 39.0 Å². The molecule has 4 rings (SSSR count). The van der Waals surface area contributed by atoms with Crippen molar-refractivity contribution < 1.29 is 18.3 Å². The van der Waals surface area contributed by atoms with E-state index in [0.717, 1.165) is 31.6 Å². The summed E-state index contributed by atoms with van der Waals surface area (Å²) >= 11 is 1.28. The number of thiophene rings is 1. The van der Waals surface area contributed by atoms with Gasteiger partial charge in [0.1, 0.15) is 36.1 Å². The summed E-state index contributed by atoms with van der Waals surface area (Å²) in [6.45, 7) is 3.65. The van der Waals surface area contributed by atoms with E-state index in [1.54, 1.807) is 12.1 Å². The molecule has 190 valence electrons. The number of rotatable bonds is 11. The van der Waals surface area contributed by atoms with Crippen molar-refractivity contribution in [3.05, 3.63) is 40.5 Å². The second kappa shape index (κ2) is 12.1. The van der Waals surface area contributed by atoms with Crippen LogP contribution in [0.4, 0.5) is 20.3 Å². The van der Waals surface area contributed by atoms with Crippen LogP contribution in [0.25, 0.3) is 10.2 Å². The maximum Gasteiger partial charge on any atom is 0.261 e.